The summed E-state index contributed by atoms with van der Waals surface area (Å²) in [5.41, 5.74) is 2.50. The molecule has 0 saturated carbocycles. The summed E-state index contributed by atoms with van der Waals surface area (Å²) in [5.74, 6) is -0.719. The highest BCUT2D eigenvalue weighted by atomic mass is 32.2. The van der Waals surface area contributed by atoms with Crippen LogP contribution in [0.3, 0.4) is 0 Å². The Kier molecular flexibility index (Phi) is 5.58. The van der Waals surface area contributed by atoms with Crippen LogP contribution in [-0.2, 0) is 4.79 Å². The number of carbonyl (C=O) groups excluding carboxylic acids is 1. The van der Waals surface area contributed by atoms with E-state index in [1.54, 1.807) is 0 Å². The number of thioether (sulfide) groups is 1. The summed E-state index contributed by atoms with van der Waals surface area (Å²) < 4.78 is 6.24. The number of carbonyl (C=O) groups is 1. The fraction of sp³-hybridized carbons (Fsp3) is 0.211. The van der Waals surface area contributed by atoms with E-state index in [1.807, 2.05) is 68.4 Å². The molecule has 1 heterocycles. The van der Waals surface area contributed by atoms with Crippen molar-refractivity contribution in [1.82, 2.24) is 5.27 Å². The second kappa shape index (κ2) is 8.05. The molecule has 6 nitrogen and oxygen atoms in total. The number of aromatic nitrogens is 2. The van der Waals surface area contributed by atoms with Crippen LogP contribution in [0.15, 0.2) is 64.1 Å². The molecule has 0 radical (unpaired) electrons. The minimum absolute atomic E-state index is 0.164. The maximum Gasteiger partial charge on any atom is 0.298 e. The van der Waals surface area contributed by atoms with Gasteiger partial charge in [0.15, 0.2) is 5.95 Å². The Morgan fingerprint density at radius 1 is 1.27 bits per heavy atom. The molecule has 0 aliphatic rings. The standard InChI is InChI=1S/C19H19N3O3S/c1-3-16(17(23)20-14-9-7-8-13(2)12-14)26-18-19(24)25-21-22(18)15-10-5-4-6-11-15/h4-12,16H,3H2,1-2H3,(H-,20,21,23,24). The highest BCUT2D eigenvalue weighted by Gasteiger charge is 2.28. The van der Waals surface area contributed by atoms with E-state index < -0.39 is 11.2 Å². The predicted molar refractivity (Wildman–Crippen MR) is 97.2 cm³/mol. The average molecular weight is 369 g/mol. The number of nitrogens with zero attached hydrogens (tertiary/aromatic N) is 2. The molecular weight excluding hydrogens is 350 g/mol. The molecule has 0 saturated heterocycles. The minimum atomic E-state index is -0.555. The smallest absolute Gasteiger partial charge is 0.298 e. The highest BCUT2D eigenvalue weighted by molar-refractivity contribution is 8.00. The van der Waals surface area contributed by atoms with E-state index in [9.17, 15) is 9.90 Å². The Morgan fingerprint density at radius 2 is 2.04 bits per heavy atom. The second-order valence-corrected chi connectivity index (χ2v) is 6.98. The largest absolute Gasteiger partial charge is 0.538 e. The zero-order valence-corrected chi connectivity index (χ0v) is 15.3. The minimum Gasteiger partial charge on any atom is -0.538 e. The van der Waals surface area contributed by atoms with Crippen molar-refractivity contribution < 1.29 is 19.1 Å². The Balaban J connectivity index is 1.80. The maximum absolute atomic E-state index is 12.6. The fourth-order valence-corrected chi connectivity index (χ4v) is 3.45. The Bertz CT molecular complexity index is 896. The molecule has 1 amide bonds. The van der Waals surface area contributed by atoms with Crippen LogP contribution in [-0.4, -0.2) is 16.4 Å². The van der Waals surface area contributed by atoms with Gasteiger partial charge in [0, 0.05) is 17.8 Å². The third-order valence-electron chi connectivity index (χ3n) is 3.78. The van der Waals surface area contributed by atoms with Crippen LogP contribution in [0.5, 0.6) is 5.95 Å². The summed E-state index contributed by atoms with van der Waals surface area (Å²) in [4.78, 5) is 12.6. The van der Waals surface area contributed by atoms with Gasteiger partial charge in [-0.25, -0.2) is 0 Å². The normalized spacial score (nSPS) is 11.9. The molecule has 0 aliphatic carbocycles. The molecule has 7 heteroatoms. The number of aryl methyl sites for hydroxylation is 1. The summed E-state index contributed by atoms with van der Waals surface area (Å²) >= 11 is 1.16. The fourth-order valence-electron chi connectivity index (χ4n) is 2.47. The zero-order valence-electron chi connectivity index (χ0n) is 14.5. The maximum atomic E-state index is 12.6. The van der Waals surface area contributed by atoms with Gasteiger partial charge in [0.05, 0.1) is 10.5 Å². The number of amides is 1. The Labute approximate surface area is 155 Å². The SMILES string of the molecule is CCC(Sc1c([O-])on[n+]1-c1ccccc1)C(=O)Nc1cccc(C)c1. The lowest BCUT2D eigenvalue weighted by molar-refractivity contribution is -0.705. The van der Waals surface area contributed by atoms with Crippen molar-refractivity contribution in [3.8, 4) is 11.6 Å². The van der Waals surface area contributed by atoms with Crippen LogP contribution in [0.1, 0.15) is 18.9 Å². The number of hydrogen-bond acceptors (Lipinski definition) is 5. The van der Waals surface area contributed by atoms with Crippen LogP contribution < -0.4 is 15.1 Å². The molecule has 1 atom stereocenters. The van der Waals surface area contributed by atoms with Gasteiger partial charge >= 0.3 is 0 Å². The monoisotopic (exact) mass is 369 g/mol. The summed E-state index contributed by atoms with van der Waals surface area (Å²) in [6.45, 7) is 3.86. The van der Waals surface area contributed by atoms with E-state index in [0.717, 1.165) is 23.0 Å². The van der Waals surface area contributed by atoms with Crippen LogP contribution in [0, 0.1) is 6.92 Å². The first kappa shape index (κ1) is 18.0. The van der Waals surface area contributed by atoms with Gasteiger partial charge in [-0.2, -0.15) is 0 Å². The molecule has 1 N–H and O–H groups in total. The molecule has 2 aromatic carbocycles. The van der Waals surface area contributed by atoms with Gasteiger partial charge in [0.1, 0.15) is 0 Å². The van der Waals surface area contributed by atoms with Crippen molar-refractivity contribution >= 4 is 23.4 Å². The van der Waals surface area contributed by atoms with Crippen LogP contribution in [0.25, 0.3) is 5.69 Å². The first-order valence-electron chi connectivity index (χ1n) is 8.27. The van der Waals surface area contributed by atoms with Gasteiger partial charge in [-0.3, -0.25) is 4.79 Å². The van der Waals surface area contributed by atoms with E-state index in [2.05, 4.69) is 10.6 Å². The molecule has 1 aromatic heterocycles. The number of anilines is 1. The zero-order chi connectivity index (χ0) is 18.5. The molecule has 3 aromatic rings. The average Bonchev–Trinajstić information content (AvgIpc) is 3.00. The van der Waals surface area contributed by atoms with Gasteiger partial charge < -0.3 is 14.9 Å². The summed E-state index contributed by atoms with van der Waals surface area (Å²) in [6.07, 6.45) is 0.557. The molecule has 0 spiro atoms. The van der Waals surface area contributed by atoms with Crippen molar-refractivity contribution in [2.24, 2.45) is 0 Å². The topological polar surface area (TPSA) is 82.1 Å². The quantitative estimate of drug-likeness (QED) is 0.534. The van der Waals surface area contributed by atoms with E-state index in [0.29, 0.717) is 12.1 Å². The van der Waals surface area contributed by atoms with E-state index in [4.69, 9.17) is 4.52 Å². The van der Waals surface area contributed by atoms with Gasteiger partial charge in [-0.15, -0.1) is 0 Å². The van der Waals surface area contributed by atoms with E-state index in [1.165, 1.54) is 4.68 Å². The number of benzene rings is 2. The van der Waals surface area contributed by atoms with Crippen molar-refractivity contribution in [3.63, 3.8) is 0 Å². The lowest BCUT2D eigenvalue weighted by atomic mass is 10.2. The van der Waals surface area contributed by atoms with Crippen molar-refractivity contribution in [2.75, 3.05) is 5.32 Å². The number of hydrogen-bond donors (Lipinski definition) is 1. The lowest BCUT2D eigenvalue weighted by Crippen LogP contribution is -2.36. The van der Waals surface area contributed by atoms with Gasteiger partial charge in [-0.05, 0) is 47.5 Å². The number of nitrogens with one attached hydrogen (secondary N) is 1. The lowest BCUT2D eigenvalue weighted by Gasteiger charge is -2.13. The molecule has 3 rings (SSSR count). The van der Waals surface area contributed by atoms with Gasteiger partial charge in [0.2, 0.25) is 11.6 Å². The van der Waals surface area contributed by atoms with Crippen LogP contribution >= 0.6 is 11.8 Å². The van der Waals surface area contributed by atoms with Crippen LogP contribution in [0.2, 0.25) is 0 Å². The molecular formula is C19H19N3O3S. The molecule has 0 aliphatic heterocycles. The van der Waals surface area contributed by atoms with Crippen molar-refractivity contribution in [2.45, 2.75) is 30.5 Å². The number of rotatable bonds is 6. The predicted octanol–water partition coefficient (Wildman–Crippen LogP) is 2.84. The second-order valence-electron chi connectivity index (χ2n) is 5.79. The van der Waals surface area contributed by atoms with Gasteiger partial charge in [-0.1, -0.05) is 37.3 Å². The number of para-hydroxylation sites is 1. The Hall–Kier alpha value is -2.80. The molecule has 0 bridgehead atoms. The third kappa shape index (κ3) is 4.05. The first-order chi connectivity index (χ1) is 12.6. The van der Waals surface area contributed by atoms with E-state index >= 15 is 0 Å². The van der Waals surface area contributed by atoms with E-state index in [-0.39, 0.29) is 10.9 Å². The molecule has 0 fully saturated rings. The Morgan fingerprint density at radius 3 is 2.73 bits per heavy atom. The molecule has 26 heavy (non-hydrogen) atoms. The molecule has 134 valence electrons. The summed E-state index contributed by atoms with van der Waals surface area (Å²) in [6, 6.07) is 16.8. The van der Waals surface area contributed by atoms with Crippen LogP contribution in [0.4, 0.5) is 5.69 Å². The summed E-state index contributed by atoms with van der Waals surface area (Å²) in [7, 11) is 0. The van der Waals surface area contributed by atoms with Crippen molar-refractivity contribution in [1.29, 1.82) is 0 Å². The van der Waals surface area contributed by atoms with Crippen molar-refractivity contribution in [3.05, 3.63) is 60.2 Å². The van der Waals surface area contributed by atoms with Gasteiger partial charge in [0.25, 0.3) is 5.03 Å². The highest BCUT2D eigenvalue weighted by Crippen LogP contribution is 2.29. The summed E-state index contributed by atoms with van der Waals surface area (Å²) in [5, 5.41) is 18.6. The first-order valence-corrected chi connectivity index (χ1v) is 9.15. The third-order valence-corrected chi connectivity index (χ3v) is 5.17. The molecule has 1 unspecified atom stereocenters.